The van der Waals surface area contributed by atoms with E-state index in [0.717, 1.165) is 30.2 Å². The quantitative estimate of drug-likeness (QED) is 0.770. The number of amides is 1. The second-order valence-corrected chi connectivity index (χ2v) is 4.50. The molecule has 3 N–H and O–H groups in total. The molecule has 0 radical (unpaired) electrons. The molecule has 1 saturated heterocycles. The van der Waals surface area contributed by atoms with Gasteiger partial charge in [0.25, 0.3) is 0 Å². The minimum atomic E-state index is -0.0740. The van der Waals surface area contributed by atoms with E-state index in [1.807, 2.05) is 18.2 Å². The lowest BCUT2D eigenvalue weighted by Crippen LogP contribution is -2.30. The van der Waals surface area contributed by atoms with Gasteiger partial charge in [-0.3, -0.25) is 4.79 Å². The first-order valence-electron chi connectivity index (χ1n) is 6.09. The molecule has 0 bridgehead atoms. The fourth-order valence-electron chi connectivity index (χ4n) is 2.26. The van der Waals surface area contributed by atoms with Gasteiger partial charge in [-0.1, -0.05) is 0 Å². The molecule has 1 aromatic rings. The summed E-state index contributed by atoms with van der Waals surface area (Å²) < 4.78 is 0. The van der Waals surface area contributed by atoms with E-state index in [1.165, 1.54) is 26.2 Å². The predicted molar refractivity (Wildman–Crippen MR) is 71.2 cm³/mol. The average Bonchev–Trinajstić information content (AvgIpc) is 2.29. The number of anilines is 3. The smallest absolute Gasteiger partial charge is 0.221 e. The third-order valence-electron chi connectivity index (χ3n) is 3.04. The van der Waals surface area contributed by atoms with Crippen LogP contribution in [0.2, 0.25) is 0 Å². The van der Waals surface area contributed by atoms with E-state index >= 15 is 0 Å². The van der Waals surface area contributed by atoms with Crippen LogP contribution in [-0.4, -0.2) is 19.0 Å². The summed E-state index contributed by atoms with van der Waals surface area (Å²) in [7, 11) is 0. The zero-order valence-corrected chi connectivity index (χ0v) is 10.2. The SMILES string of the molecule is CC(=O)Nc1ccc(N2CCCCC2)c(N)c1. The molecule has 92 valence electrons. The highest BCUT2D eigenvalue weighted by Crippen LogP contribution is 2.28. The molecular weight excluding hydrogens is 214 g/mol. The fourth-order valence-corrected chi connectivity index (χ4v) is 2.26. The van der Waals surface area contributed by atoms with Crippen LogP contribution in [0.15, 0.2) is 18.2 Å². The molecule has 1 aliphatic rings. The van der Waals surface area contributed by atoms with Crippen LogP contribution in [-0.2, 0) is 4.79 Å². The largest absolute Gasteiger partial charge is 0.397 e. The van der Waals surface area contributed by atoms with E-state index in [2.05, 4.69) is 10.2 Å². The Morgan fingerprint density at radius 2 is 2.00 bits per heavy atom. The van der Waals surface area contributed by atoms with Crippen molar-refractivity contribution in [2.75, 3.05) is 29.0 Å². The summed E-state index contributed by atoms with van der Waals surface area (Å²) in [6.45, 7) is 3.64. The Kier molecular flexibility index (Phi) is 3.52. The zero-order chi connectivity index (χ0) is 12.3. The summed E-state index contributed by atoms with van der Waals surface area (Å²) in [5, 5.41) is 2.74. The lowest BCUT2D eigenvalue weighted by molar-refractivity contribution is -0.114. The van der Waals surface area contributed by atoms with Crippen LogP contribution >= 0.6 is 0 Å². The van der Waals surface area contributed by atoms with Gasteiger partial charge in [0.1, 0.15) is 0 Å². The minimum absolute atomic E-state index is 0.0740. The Morgan fingerprint density at radius 1 is 1.29 bits per heavy atom. The number of nitrogens with zero attached hydrogens (tertiary/aromatic N) is 1. The molecule has 1 aromatic carbocycles. The van der Waals surface area contributed by atoms with Gasteiger partial charge >= 0.3 is 0 Å². The number of nitrogens with two attached hydrogens (primary N) is 1. The average molecular weight is 233 g/mol. The standard InChI is InChI=1S/C13H19N3O/c1-10(17)15-11-5-6-13(12(14)9-11)16-7-3-2-4-8-16/h5-6,9H,2-4,7-8,14H2,1H3,(H,15,17). The molecule has 1 amide bonds. The molecule has 1 heterocycles. The summed E-state index contributed by atoms with van der Waals surface area (Å²) >= 11 is 0. The normalized spacial score (nSPS) is 15.7. The first-order valence-corrected chi connectivity index (χ1v) is 6.09. The third kappa shape index (κ3) is 2.90. The number of hydrogen-bond acceptors (Lipinski definition) is 3. The van der Waals surface area contributed by atoms with Gasteiger partial charge in [0, 0.05) is 25.7 Å². The van der Waals surface area contributed by atoms with E-state index in [4.69, 9.17) is 5.73 Å². The predicted octanol–water partition coefficient (Wildman–Crippen LogP) is 2.22. The zero-order valence-electron chi connectivity index (χ0n) is 10.2. The number of hydrogen-bond donors (Lipinski definition) is 2. The highest BCUT2D eigenvalue weighted by Gasteiger charge is 2.13. The van der Waals surface area contributed by atoms with Crippen molar-refractivity contribution in [3.8, 4) is 0 Å². The minimum Gasteiger partial charge on any atom is -0.397 e. The molecule has 4 nitrogen and oxygen atoms in total. The van der Waals surface area contributed by atoms with Crippen LogP contribution in [0.5, 0.6) is 0 Å². The van der Waals surface area contributed by atoms with Gasteiger partial charge in [-0.05, 0) is 37.5 Å². The number of nitrogen functional groups attached to an aromatic ring is 1. The summed E-state index contributed by atoms with van der Waals surface area (Å²) in [4.78, 5) is 13.3. The maximum atomic E-state index is 10.9. The van der Waals surface area contributed by atoms with Crippen LogP contribution in [0.4, 0.5) is 17.1 Å². The van der Waals surface area contributed by atoms with E-state index in [0.29, 0.717) is 0 Å². The summed E-state index contributed by atoms with van der Waals surface area (Å²) in [6, 6.07) is 5.72. The summed E-state index contributed by atoms with van der Waals surface area (Å²) in [5.41, 5.74) is 8.61. The molecule has 1 aliphatic heterocycles. The summed E-state index contributed by atoms with van der Waals surface area (Å²) in [5.74, 6) is -0.0740. The first kappa shape index (κ1) is 11.8. The van der Waals surface area contributed by atoms with Crippen molar-refractivity contribution in [3.63, 3.8) is 0 Å². The van der Waals surface area contributed by atoms with E-state index in [-0.39, 0.29) is 5.91 Å². The van der Waals surface area contributed by atoms with Gasteiger partial charge in [-0.25, -0.2) is 0 Å². The Bertz CT molecular complexity index is 411. The van der Waals surface area contributed by atoms with E-state index in [1.54, 1.807) is 0 Å². The molecule has 0 spiro atoms. The number of nitrogens with one attached hydrogen (secondary N) is 1. The molecule has 1 fully saturated rings. The van der Waals surface area contributed by atoms with Crippen molar-refractivity contribution in [1.29, 1.82) is 0 Å². The Hall–Kier alpha value is -1.71. The molecule has 0 unspecified atom stereocenters. The Morgan fingerprint density at radius 3 is 2.59 bits per heavy atom. The van der Waals surface area contributed by atoms with Gasteiger partial charge in [0.05, 0.1) is 11.4 Å². The van der Waals surface area contributed by atoms with Gasteiger partial charge in [0.2, 0.25) is 5.91 Å². The monoisotopic (exact) mass is 233 g/mol. The van der Waals surface area contributed by atoms with E-state index < -0.39 is 0 Å². The van der Waals surface area contributed by atoms with Crippen molar-refractivity contribution in [2.24, 2.45) is 0 Å². The maximum absolute atomic E-state index is 10.9. The number of piperidine rings is 1. The maximum Gasteiger partial charge on any atom is 0.221 e. The van der Waals surface area contributed by atoms with Crippen LogP contribution in [0.1, 0.15) is 26.2 Å². The van der Waals surface area contributed by atoms with Crippen LogP contribution in [0.3, 0.4) is 0 Å². The third-order valence-corrected chi connectivity index (χ3v) is 3.04. The van der Waals surface area contributed by atoms with Crippen LogP contribution in [0.25, 0.3) is 0 Å². The van der Waals surface area contributed by atoms with Crippen molar-refractivity contribution >= 4 is 23.0 Å². The molecule has 0 aliphatic carbocycles. The molecule has 4 heteroatoms. The highest BCUT2D eigenvalue weighted by molar-refractivity contribution is 5.90. The van der Waals surface area contributed by atoms with Crippen LogP contribution < -0.4 is 16.0 Å². The second kappa shape index (κ2) is 5.08. The van der Waals surface area contributed by atoms with E-state index in [9.17, 15) is 4.79 Å². The van der Waals surface area contributed by atoms with Gasteiger partial charge < -0.3 is 16.0 Å². The first-order chi connectivity index (χ1) is 8.16. The van der Waals surface area contributed by atoms with Crippen LogP contribution in [0, 0.1) is 0 Å². The number of carbonyl (C=O) groups excluding carboxylic acids is 1. The Labute approximate surface area is 102 Å². The number of benzene rings is 1. The van der Waals surface area contributed by atoms with Gasteiger partial charge in [-0.2, -0.15) is 0 Å². The molecule has 2 rings (SSSR count). The van der Waals surface area contributed by atoms with Crippen molar-refractivity contribution < 1.29 is 4.79 Å². The number of carbonyl (C=O) groups is 1. The number of rotatable bonds is 2. The highest BCUT2D eigenvalue weighted by atomic mass is 16.1. The molecule has 17 heavy (non-hydrogen) atoms. The molecule has 0 saturated carbocycles. The van der Waals surface area contributed by atoms with Crippen molar-refractivity contribution in [1.82, 2.24) is 0 Å². The van der Waals surface area contributed by atoms with Crippen molar-refractivity contribution in [3.05, 3.63) is 18.2 Å². The topological polar surface area (TPSA) is 58.4 Å². The van der Waals surface area contributed by atoms with Crippen molar-refractivity contribution in [2.45, 2.75) is 26.2 Å². The molecular formula is C13H19N3O. The Balaban J connectivity index is 2.15. The fraction of sp³-hybridized carbons (Fsp3) is 0.462. The lowest BCUT2D eigenvalue weighted by Gasteiger charge is -2.30. The molecule has 0 atom stereocenters. The molecule has 0 aromatic heterocycles. The van der Waals surface area contributed by atoms with Gasteiger partial charge in [-0.15, -0.1) is 0 Å². The lowest BCUT2D eigenvalue weighted by atomic mass is 10.1. The van der Waals surface area contributed by atoms with Gasteiger partial charge in [0.15, 0.2) is 0 Å². The summed E-state index contributed by atoms with van der Waals surface area (Å²) in [6.07, 6.45) is 3.76. The second-order valence-electron chi connectivity index (χ2n) is 4.50.